The molecule has 0 spiro atoms. The van der Waals surface area contributed by atoms with Crippen LogP contribution in [0.2, 0.25) is 0 Å². The largest absolute Gasteiger partial charge is 1.00 e. The molecule has 12 heteroatoms. The summed E-state index contributed by atoms with van der Waals surface area (Å²) in [6, 6.07) is 10.5. The smallest absolute Gasteiger partial charge is 0.748 e. The van der Waals surface area contributed by atoms with E-state index in [9.17, 15) is 30.9 Å². The van der Waals surface area contributed by atoms with Crippen LogP contribution in [-0.4, -0.2) is 63.4 Å². The molecule has 0 saturated heterocycles. The molecule has 0 aromatic heterocycles. The Balaban J connectivity index is 0. The second kappa shape index (κ2) is 25.9. The predicted octanol–water partition coefficient (Wildman–Crippen LogP) is 5.39. The molecule has 7 nitrogen and oxygen atoms in total. The number of carbonyl (C=O) groups is 1. The molecule has 0 aliphatic heterocycles. The number of alkyl halides is 3. The SMILES string of the molecule is CC(=O)OC(CS(=O)(=O)[O-])C(F)(F)F.CC(C)C1CC2CCC1C2.CC(C)c1ccccc1.CCOCCOCCCC(C)C.[K+]. The first-order chi connectivity index (χ1) is 20.9. The average molecular weight is 707 g/mol. The standard InChI is InChI=1S/C10H22O2.C10H18.C9H12.C5H7F3O5S.K/c1-4-11-8-9-12-7-5-6-10(2)3;1-7(2)10-6-8-3-4-9(10)5-8;1-8(2)9-6-4-3-5-7-9;1-3(9)13-4(5(6,7)8)2-14(10,11)12;/h10H,4-9H2,1-3H3;7-10H,3-6H2,1-2H3;3-8H,1-2H3;4H,2H2,1H3,(H,10,11,12);/q;;;;+1/p-1. The molecule has 0 N–H and O–H groups in total. The molecule has 4 atom stereocenters. The number of carbonyl (C=O) groups excluding carboxylic acids is 1. The van der Waals surface area contributed by atoms with Crippen LogP contribution < -0.4 is 51.4 Å². The fourth-order valence-electron chi connectivity index (χ4n) is 5.49. The van der Waals surface area contributed by atoms with Crippen LogP contribution in [0, 0.1) is 29.6 Å². The molecule has 0 amide bonds. The van der Waals surface area contributed by atoms with Crippen LogP contribution in [-0.2, 0) is 29.1 Å². The molecule has 264 valence electrons. The maximum Gasteiger partial charge on any atom is 1.00 e. The third kappa shape index (κ3) is 25.0. The van der Waals surface area contributed by atoms with Crippen molar-refractivity contribution in [1.29, 1.82) is 0 Å². The van der Waals surface area contributed by atoms with Gasteiger partial charge in [-0.05, 0) is 80.1 Å². The van der Waals surface area contributed by atoms with E-state index in [2.05, 4.69) is 70.5 Å². The summed E-state index contributed by atoms with van der Waals surface area (Å²) in [6.45, 7) is 19.5. The van der Waals surface area contributed by atoms with Gasteiger partial charge in [-0.1, -0.05) is 78.3 Å². The summed E-state index contributed by atoms with van der Waals surface area (Å²) in [5.74, 6) is 2.65. The molecule has 1 aromatic rings. The summed E-state index contributed by atoms with van der Waals surface area (Å²) in [5.41, 5.74) is 1.41. The van der Waals surface area contributed by atoms with Crippen molar-refractivity contribution < 1.29 is 96.5 Å². The number of halogens is 3. The maximum absolute atomic E-state index is 11.9. The third-order valence-electron chi connectivity index (χ3n) is 7.79. The van der Waals surface area contributed by atoms with Crippen molar-refractivity contribution in [3.63, 3.8) is 0 Å². The molecule has 4 unspecified atom stereocenters. The predicted molar refractivity (Wildman–Crippen MR) is 172 cm³/mol. The molecule has 2 aliphatic rings. The first-order valence-corrected chi connectivity index (χ1v) is 17.8. The van der Waals surface area contributed by atoms with E-state index in [1.165, 1.54) is 18.4 Å². The van der Waals surface area contributed by atoms with Gasteiger partial charge >= 0.3 is 63.5 Å². The van der Waals surface area contributed by atoms with E-state index in [0.29, 0.717) is 12.8 Å². The number of hydrogen-bond acceptors (Lipinski definition) is 7. The number of esters is 1. The van der Waals surface area contributed by atoms with Crippen molar-refractivity contribution in [2.45, 2.75) is 112 Å². The van der Waals surface area contributed by atoms with Crippen molar-refractivity contribution in [1.82, 2.24) is 0 Å². The normalized spacial score (nSPS) is 19.2. The molecular formula is C34H58F3KO7S. The van der Waals surface area contributed by atoms with E-state index in [1.807, 2.05) is 13.0 Å². The van der Waals surface area contributed by atoms with Gasteiger partial charge in [-0.3, -0.25) is 4.79 Å². The Hall–Kier alpha value is -0.0536. The summed E-state index contributed by atoms with van der Waals surface area (Å²) < 4.78 is 80.0. The summed E-state index contributed by atoms with van der Waals surface area (Å²) >= 11 is 0. The van der Waals surface area contributed by atoms with Gasteiger partial charge in [0.1, 0.15) is 0 Å². The molecule has 2 bridgehead atoms. The van der Waals surface area contributed by atoms with Crippen LogP contribution in [0.1, 0.15) is 105 Å². The Labute approximate surface area is 319 Å². The maximum atomic E-state index is 11.9. The monoisotopic (exact) mass is 706 g/mol. The van der Waals surface area contributed by atoms with E-state index in [1.54, 1.807) is 25.7 Å². The molecule has 3 rings (SSSR count). The topological polar surface area (TPSA) is 102 Å². The van der Waals surface area contributed by atoms with E-state index in [0.717, 1.165) is 56.0 Å². The van der Waals surface area contributed by atoms with Gasteiger partial charge in [0.15, 0.2) is 0 Å². The van der Waals surface area contributed by atoms with Crippen molar-refractivity contribution >= 4 is 16.1 Å². The van der Waals surface area contributed by atoms with Gasteiger partial charge in [0.25, 0.3) is 0 Å². The number of ether oxygens (including phenoxy) is 3. The molecule has 0 heterocycles. The van der Waals surface area contributed by atoms with Gasteiger partial charge in [0, 0.05) is 20.1 Å². The second-order valence-corrected chi connectivity index (χ2v) is 14.3. The van der Waals surface area contributed by atoms with Crippen molar-refractivity contribution in [3.05, 3.63) is 35.9 Å². The summed E-state index contributed by atoms with van der Waals surface area (Å²) in [6.07, 6.45) is 0.691. The van der Waals surface area contributed by atoms with Gasteiger partial charge in [0.2, 0.25) is 6.10 Å². The van der Waals surface area contributed by atoms with Gasteiger partial charge < -0.3 is 18.8 Å². The van der Waals surface area contributed by atoms with Crippen LogP contribution >= 0.6 is 0 Å². The van der Waals surface area contributed by atoms with Crippen LogP contribution in [0.15, 0.2) is 30.3 Å². The Morgan fingerprint density at radius 3 is 1.89 bits per heavy atom. The van der Waals surface area contributed by atoms with E-state index in [4.69, 9.17) is 9.47 Å². The zero-order valence-electron chi connectivity index (χ0n) is 29.6. The van der Waals surface area contributed by atoms with Crippen molar-refractivity contribution in [2.75, 3.05) is 32.2 Å². The average Bonchev–Trinajstić information content (AvgIpc) is 3.57. The number of fused-ring (bicyclic) bond motifs is 2. The van der Waals surface area contributed by atoms with E-state index in [-0.39, 0.29) is 51.4 Å². The Morgan fingerprint density at radius 1 is 0.957 bits per heavy atom. The molecule has 2 aliphatic carbocycles. The third-order valence-corrected chi connectivity index (χ3v) is 8.50. The quantitative estimate of drug-likeness (QED) is 0.117. The fourth-order valence-corrected chi connectivity index (χ4v) is 6.12. The number of rotatable bonds is 13. The van der Waals surface area contributed by atoms with Crippen LogP contribution in [0.25, 0.3) is 0 Å². The molecule has 46 heavy (non-hydrogen) atoms. The minimum atomic E-state index is -5.10. The van der Waals surface area contributed by atoms with Gasteiger partial charge in [-0.15, -0.1) is 0 Å². The van der Waals surface area contributed by atoms with E-state index >= 15 is 0 Å². The zero-order chi connectivity index (χ0) is 34.6. The Kier molecular flexibility index (Phi) is 27.0. The minimum Gasteiger partial charge on any atom is -0.748 e. The Morgan fingerprint density at radius 2 is 1.54 bits per heavy atom. The van der Waals surface area contributed by atoms with Crippen molar-refractivity contribution in [2.24, 2.45) is 29.6 Å². The molecule has 2 fully saturated rings. The first-order valence-electron chi connectivity index (χ1n) is 16.2. The van der Waals surface area contributed by atoms with Gasteiger partial charge in [-0.2, -0.15) is 13.2 Å². The summed E-state index contributed by atoms with van der Waals surface area (Å²) in [4.78, 5) is 10.2. The first kappa shape index (κ1) is 48.1. The summed E-state index contributed by atoms with van der Waals surface area (Å²) in [7, 11) is -5.10. The van der Waals surface area contributed by atoms with Crippen LogP contribution in [0.3, 0.4) is 0 Å². The number of benzene rings is 1. The van der Waals surface area contributed by atoms with Crippen LogP contribution in [0.5, 0.6) is 0 Å². The van der Waals surface area contributed by atoms with E-state index < -0.39 is 34.1 Å². The minimum absolute atomic E-state index is 0. The molecule has 1 aromatic carbocycles. The van der Waals surface area contributed by atoms with Crippen LogP contribution in [0.4, 0.5) is 13.2 Å². The second-order valence-electron chi connectivity index (χ2n) is 12.9. The molecular weight excluding hydrogens is 649 g/mol. The summed E-state index contributed by atoms with van der Waals surface area (Å²) in [5, 5.41) is 0. The van der Waals surface area contributed by atoms with Gasteiger partial charge in [0.05, 0.1) is 29.1 Å². The molecule has 0 radical (unpaired) electrons. The van der Waals surface area contributed by atoms with Gasteiger partial charge in [-0.25, -0.2) is 8.42 Å². The number of hydrogen-bond donors (Lipinski definition) is 0. The molecule has 2 saturated carbocycles. The zero-order valence-corrected chi connectivity index (χ0v) is 33.5. The fraction of sp³-hybridized carbons (Fsp3) is 0.794. The van der Waals surface area contributed by atoms with Crippen molar-refractivity contribution in [3.8, 4) is 0 Å². The Bertz CT molecular complexity index is 1010.